The minimum absolute atomic E-state index is 0.00758. The summed E-state index contributed by atoms with van der Waals surface area (Å²) in [7, 11) is 0. The molecule has 1 atom stereocenters. The molecule has 2 amide bonds. The molecule has 1 aliphatic heterocycles. The molecule has 0 saturated heterocycles. The summed E-state index contributed by atoms with van der Waals surface area (Å²) < 4.78 is 0. The van der Waals surface area contributed by atoms with Gasteiger partial charge in [0.25, 0.3) is 0 Å². The van der Waals surface area contributed by atoms with Gasteiger partial charge in [-0.3, -0.25) is 9.59 Å². The third-order valence-electron chi connectivity index (χ3n) is 6.00. The van der Waals surface area contributed by atoms with Crippen molar-refractivity contribution >= 4 is 34.8 Å². The Morgan fingerprint density at radius 2 is 1.61 bits per heavy atom. The van der Waals surface area contributed by atoms with Crippen molar-refractivity contribution in [3.8, 4) is 0 Å². The number of nitrogens with zero attached hydrogens (tertiary/aromatic N) is 1. The van der Waals surface area contributed by atoms with Crippen LogP contribution in [-0.2, 0) is 16.0 Å². The topological polar surface area (TPSA) is 49.4 Å². The summed E-state index contributed by atoms with van der Waals surface area (Å²) in [5.74, 6) is 0.221. The first kappa shape index (κ1) is 19.0. The van der Waals surface area contributed by atoms with Crippen LogP contribution in [0.15, 0.2) is 48.5 Å². The van der Waals surface area contributed by atoms with Gasteiger partial charge in [0.05, 0.1) is 0 Å². The largest absolute Gasteiger partial charge is 0.326 e. The average Bonchev–Trinajstić information content (AvgIpc) is 3.05. The van der Waals surface area contributed by atoms with E-state index in [2.05, 4.69) is 18.3 Å². The highest BCUT2D eigenvalue weighted by atomic mass is 35.5. The molecule has 1 fully saturated rings. The van der Waals surface area contributed by atoms with E-state index < -0.39 is 0 Å². The second-order valence-corrected chi connectivity index (χ2v) is 8.37. The Bertz CT molecular complexity index is 872. The Balaban J connectivity index is 1.35. The molecule has 1 heterocycles. The zero-order valence-electron chi connectivity index (χ0n) is 16.0. The number of hydrogen-bond donors (Lipinski definition) is 1. The van der Waals surface area contributed by atoms with Gasteiger partial charge in [-0.15, -0.1) is 0 Å². The van der Waals surface area contributed by atoms with E-state index in [-0.39, 0.29) is 29.7 Å². The highest BCUT2D eigenvalue weighted by molar-refractivity contribution is 6.30. The number of hydrogen-bond acceptors (Lipinski definition) is 2. The lowest BCUT2D eigenvalue weighted by Gasteiger charge is -2.32. The minimum Gasteiger partial charge on any atom is -0.326 e. The maximum Gasteiger partial charge on any atom is 0.230 e. The van der Waals surface area contributed by atoms with Crippen molar-refractivity contribution in [3.63, 3.8) is 0 Å². The molecule has 0 spiro atoms. The number of rotatable bonds is 3. The minimum atomic E-state index is -0.0389. The smallest absolute Gasteiger partial charge is 0.230 e. The summed E-state index contributed by atoms with van der Waals surface area (Å²) in [6, 6.07) is 15.5. The van der Waals surface area contributed by atoms with Crippen molar-refractivity contribution < 1.29 is 9.59 Å². The van der Waals surface area contributed by atoms with Crippen LogP contribution in [0, 0.1) is 11.8 Å². The van der Waals surface area contributed by atoms with Gasteiger partial charge in [0.1, 0.15) is 0 Å². The van der Waals surface area contributed by atoms with Crippen LogP contribution in [0.2, 0.25) is 5.02 Å². The fraction of sp³-hybridized carbons (Fsp3) is 0.391. The lowest BCUT2D eigenvalue weighted by Crippen LogP contribution is -2.42. The predicted molar refractivity (Wildman–Crippen MR) is 113 cm³/mol. The SMILES string of the molecule is CC1Cc2ccccc2N1C(=O)C1CCC(C(=O)Nc2ccc(Cl)cc2)CC1. The van der Waals surface area contributed by atoms with Gasteiger partial charge in [0, 0.05) is 34.3 Å². The van der Waals surface area contributed by atoms with Crippen LogP contribution < -0.4 is 10.2 Å². The van der Waals surface area contributed by atoms with Crippen molar-refractivity contribution in [1.82, 2.24) is 0 Å². The van der Waals surface area contributed by atoms with Crippen molar-refractivity contribution in [2.24, 2.45) is 11.8 Å². The highest BCUT2D eigenvalue weighted by Crippen LogP contribution is 2.37. The molecular formula is C23H25ClN2O2. The number of para-hydroxylation sites is 1. The highest BCUT2D eigenvalue weighted by Gasteiger charge is 2.37. The molecule has 5 heteroatoms. The van der Waals surface area contributed by atoms with E-state index in [9.17, 15) is 9.59 Å². The fourth-order valence-electron chi connectivity index (χ4n) is 4.48. The average molecular weight is 397 g/mol. The normalized spacial score (nSPS) is 23.9. The second-order valence-electron chi connectivity index (χ2n) is 7.93. The number of amides is 2. The molecule has 0 aromatic heterocycles. The van der Waals surface area contributed by atoms with Crippen LogP contribution >= 0.6 is 11.6 Å². The molecule has 1 unspecified atom stereocenters. The summed E-state index contributed by atoms with van der Waals surface area (Å²) in [6.07, 6.45) is 3.95. The van der Waals surface area contributed by atoms with Gasteiger partial charge in [0.15, 0.2) is 0 Å². The van der Waals surface area contributed by atoms with Gasteiger partial charge < -0.3 is 10.2 Å². The molecule has 28 heavy (non-hydrogen) atoms. The number of fused-ring (bicyclic) bond motifs is 1. The maximum atomic E-state index is 13.2. The first-order valence-corrected chi connectivity index (χ1v) is 10.4. The molecule has 0 radical (unpaired) electrons. The number of carbonyl (C=O) groups is 2. The first-order valence-electron chi connectivity index (χ1n) is 10.0. The first-order chi connectivity index (χ1) is 13.5. The summed E-state index contributed by atoms with van der Waals surface area (Å²) in [5.41, 5.74) is 3.07. The number of carbonyl (C=O) groups excluding carboxylic acids is 2. The summed E-state index contributed by atoms with van der Waals surface area (Å²) in [6.45, 7) is 2.11. The number of nitrogens with one attached hydrogen (secondary N) is 1. The monoisotopic (exact) mass is 396 g/mol. The third-order valence-corrected chi connectivity index (χ3v) is 6.26. The molecule has 146 valence electrons. The Kier molecular flexibility index (Phi) is 5.40. The predicted octanol–water partition coefficient (Wildman–Crippen LogP) is 5.06. The Hall–Kier alpha value is -2.33. The van der Waals surface area contributed by atoms with E-state index in [0.29, 0.717) is 5.02 Å². The Morgan fingerprint density at radius 3 is 2.32 bits per heavy atom. The van der Waals surface area contributed by atoms with Gasteiger partial charge in [-0.05, 0) is 74.9 Å². The van der Waals surface area contributed by atoms with Crippen LogP contribution in [0.1, 0.15) is 38.2 Å². The van der Waals surface area contributed by atoms with E-state index in [1.807, 2.05) is 35.2 Å². The molecule has 2 aliphatic rings. The standard InChI is InChI=1S/C23H25ClN2O2/c1-15-14-18-4-2-3-5-21(18)26(15)23(28)17-8-6-16(7-9-17)22(27)25-20-12-10-19(24)11-13-20/h2-5,10-13,15-17H,6-9,14H2,1H3,(H,25,27). The van der Waals surface area contributed by atoms with E-state index in [0.717, 1.165) is 43.5 Å². The van der Waals surface area contributed by atoms with Gasteiger partial charge in [-0.1, -0.05) is 29.8 Å². The van der Waals surface area contributed by atoms with Crippen LogP contribution in [0.4, 0.5) is 11.4 Å². The maximum absolute atomic E-state index is 13.2. The summed E-state index contributed by atoms with van der Waals surface area (Å²) in [4.78, 5) is 27.7. The van der Waals surface area contributed by atoms with Crippen molar-refractivity contribution in [2.75, 3.05) is 10.2 Å². The number of anilines is 2. The van der Waals surface area contributed by atoms with Crippen LogP contribution in [0.25, 0.3) is 0 Å². The van der Waals surface area contributed by atoms with E-state index >= 15 is 0 Å². The van der Waals surface area contributed by atoms with Crippen LogP contribution in [-0.4, -0.2) is 17.9 Å². The van der Waals surface area contributed by atoms with Crippen molar-refractivity contribution in [3.05, 3.63) is 59.1 Å². The van der Waals surface area contributed by atoms with Crippen molar-refractivity contribution in [2.45, 2.75) is 45.1 Å². The molecule has 2 aromatic rings. The zero-order valence-corrected chi connectivity index (χ0v) is 16.8. The van der Waals surface area contributed by atoms with E-state index in [4.69, 9.17) is 11.6 Å². The van der Waals surface area contributed by atoms with Crippen LogP contribution in [0.3, 0.4) is 0 Å². The quantitative estimate of drug-likeness (QED) is 0.788. The molecule has 1 aliphatic carbocycles. The second kappa shape index (κ2) is 7.96. The van der Waals surface area contributed by atoms with Gasteiger partial charge in [-0.2, -0.15) is 0 Å². The number of benzene rings is 2. The van der Waals surface area contributed by atoms with Gasteiger partial charge >= 0.3 is 0 Å². The molecule has 1 N–H and O–H groups in total. The molecule has 1 saturated carbocycles. The molecule has 0 bridgehead atoms. The fourth-order valence-corrected chi connectivity index (χ4v) is 4.60. The molecule has 2 aromatic carbocycles. The Labute approximate surface area is 170 Å². The van der Waals surface area contributed by atoms with E-state index in [1.165, 1.54) is 5.56 Å². The van der Waals surface area contributed by atoms with E-state index in [1.54, 1.807) is 12.1 Å². The number of halogens is 1. The van der Waals surface area contributed by atoms with Crippen LogP contribution in [0.5, 0.6) is 0 Å². The molecule has 4 rings (SSSR count). The Morgan fingerprint density at radius 1 is 0.964 bits per heavy atom. The van der Waals surface area contributed by atoms with Crippen molar-refractivity contribution in [1.29, 1.82) is 0 Å². The summed E-state index contributed by atoms with van der Waals surface area (Å²) >= 11 is 5.89. The molecular weight excluding hydrogens is 372 g/mol. The third kappa shape index (κ3) is 3.79. The lowest BCUT2D eigenvalue weighted by molar-refractivity contribution is -0.126. The zero-order chi connectivity index (χ0) is 19.7. The molecule has 4 nitrogen and oxygen atoms in total. The van der Waals surface area contributed by atoms with Gasteiger partial charge in [0.2, 0.25) is 11.8 Å². The van der Waals surface area contributed by atoms with Gasteiger partial charge in [-0.25, -0.2) is 0 Å². The lowest BCUT2D eigenvalue weighted by atomic mass is 9.80. The summed E-state index contributed by atoms with van der Waals surface area (Å²) in [5, 5.41) is 3.61.